The molecular formula is C53H64N8O8S. The van der Waals surface area contributed by atoms with Crippen LogP contribution in [0, 0.1) is 21.4 Å². The van der Waals surface area contributed by atoms with Crippen molar-refractivity contribution in [2.75, 3.05) is 41.8 Å². The van der Waals surface area contributed by atoms with E-state index in [-0.39, 0.29) is 52.8 Å². The molecule has 5 heterocycles. The normalized spacial score (nSPS) is 24.7. The highest BCUT2D eigenvalue weighted by atomic mass is 32.2. The third kappa shape index (κ3) is 9.16. The summed E-state index contributed by atoms with van der Waals surface area (Å²) in [7, 11) is -4.69. The van der Waals surface area contributed by atoms with E-state index in [0.29, 0.717) is 60.9 Å². The molecule has 2 aromatic heterocycles. The number of sulfonamides is 1. The number of nitro groups is 1. The van der Waals surface area contributed by atoms with Gasteiger partial charge in [-0.05, 0) is 143 Å². The molecule has 2 saturated heterocycles. The lowest BCUT2D eigenvalue weighted by atomic mass is 9.59. The van der Waals surface area contributed by atoms with E-state index in [4.69, 9.17) is 14.5 Å². The molecule has 6 aliphatic rings. The maximum Gasteiger partial charge on any atom is 0.297 e. The van der Waals surface area contributed by atoms with Gasteiger partial charge in [0, 0.05) is 66.7 Å². The number of anilines is 3. The van der Waals surface area contributed by atoms with Gasteiger partial charge in [-0.3, -0.25) is 19.8 Å². The summed E-state index contributed by atoms with van der Waals surface area (Å²) >= 11 is 0. The number of aliphatic hydroxyl groups is 1. The van der Waals surface area contributed by atoms with Crippen LogP contribution in [0.3, 0.4) is 0 Å². The number of rotatable bonds is 13. The topological polar surface area (TPSA) is 204 Å². The first-order chi connectivity index (χ1) is 33.6. The Morgan fingerprint density at radius 2 is 1.74 bits per heavy atom. The monoisotopic (exact) mass is 972 g/mol. The molecule has 17 heteroatoms. The second-order valence-electron chi connectivity index (χ2n) is 21.6. The van der Waals surface area contributed by atoms with Gasteiger partial charge in [-0.2, -0.15) is 0 Å². The third-order valence-electron chi connectivity index (χ3n) is 16.3. The van der Waals surface area contributed by atoms with Crippen molar-refractivity contribution in [1.82, 2.24) is 19.6 Å². The Hall–Kier alpha value is -5.91. The van der Waals surface area contributed by atoms with Gasteiger partial charge in [0.1, 0.15) is 18.0 Å². The molecule has 1 spiro atoms. The number of carbonyl (C=O) groups excluding carboxylic acids is 1. The molecule has 3 aliphatic carbocycles. The van der Waals surface area contributed by atoms with Gasteiger partial charge in [0.05, 0.1) is 27.0 Å². The maximum absolute atomic E-state index is 14.4. The van der Waals surface area contributed by atoms with Gasteiger partial charge in [-0.25, -0.2) is 18.1 Å². The number of hydrogen-bond donors (Lipinski definition) is 5. The zero-order valence-electron chi connectivity index (χ0n) is 40.2. The van der Waals surface area contributed by atoms with Gasteiger partial charge in [0.2, 0.25) is 0 Å². The molecule has 0 unspecified atom stereocenters. The summed E-state index contributed by atoms with van der Waals surface area (Å²) in [5, 5.41) is 30.5. The number of nitrogens with one attached hydrogen (secondary N) is 4. The minimum absolute atomic E-state index is 0.00572. The first-order valence-corrected chi connectivity index (χ1v) is 26.8. The lowest BCUT2D eigenvalue weighted by molar-refractivity contribution is -0.384. The Labute approximate surface area is 409 Å². The second kappa shape index (κ2) is 18.0. The summed E-state index contributed by atoms with van der Waals surface area (Å²) in [6.45, 7) is 9.35. The smallest absolute Gasteiger partial charge is 0.297 e. The Morgan fingerprint density at radius 1 is 0.971 bits per heavy atom. The number of carbonyl (C=O) groups is 1. The second-order valence-corrected chi connectivity index (χ2v) is 23.3. The van der Waals surface area contributed by atoms with Gasteiger partial charge in [-0.15, -0.1) is 0 Å². The molecule has 0 radical (unpaired) electrons. The highest BCUT2D eigenvalue weighted by Crippen LogP contribution is 2.54. The van der Waals surface area contributed by atoms with Crippen molar-refractivity contribution in [2.45, 2.75) is 138 Å². The quantitative estimate of drug-likeness (QED) is 0.0551. The molecule has 0 bridgehead atoms. The van der Waals surface area contributed by atoms with Gasteiger partial charge in [0.15, 0.2) is 23.0 Å². The summed E-state index contributed by atoms with van der Waals surface area (Å²) < 4.78 is 43.2. The fourth-order valence-electron chi connectivity index (χ4n) is 12.1. The van der Waals surface area contributed by atoms with Crippen molar-refractivity contribution in [3.05, 3.63) is 99.7 Å². The van der Waals surface area contributed by atoms with Crippen LogP contribution < -0.4 is 29.7 Å². The summed E-state index contributed by atoms with van der Waals surface area (Å²) in [6, 6.07) is 21.1. The highest BCUT2D eigenvalue weighted by molar-refractivity contribution is 7.90. The molecule has 370 valence electrons. The van der Waals surface area contributed by atoms with Crippen molar-refractivity contribution in [3.8, 4) is 17.2 Å². The zero-order chi connectivity index (χ0) is 48.5. The van der Waals surface area contributed by atoms with Crippen LogP contribution in [0.25, 0.3) is 11.0 Å². The number of hydrogen-bond acceptors (Lipinski definition) is 13. The molecule has 2 atom stereocenters. The van der Waals surface area contributed by atoms with Crippen molar-refractivity contribution in [3.63, 3.8) is 0 Å². The standard InChI is InChI=1S/C53H64N8O8S/c1-32(2)39-7-4-5-8-40(39)43-9-6-22-60(43)37-29-53(30-37)19-23-59(24-20-53)36-12-13-41(45(26-36)69-47-25-34-16-21-54-49(34)57-50(47)55-35-10-11-35)51(62)58-70(66,67)38-27-44(61(64)65)48-46(28-38)68-31-42(56-48)33-14-17-52(3,63)18-15-33/h4-5,7-8,12-13,16,21,25-28,32-33,35,37,42-43,56,63H,6,9-11,14-15,17-20,22-24,29-31H2,1-3H3,(H,58,62)(H2,54,55,57)/t33-,42-,43-,52-/m1/s1. The first-order valence-electron chi connectivity index (χ1n) is 25.3. The van der Waals surface area contributed by atoms with Crippen LogP contribution in [-0.2, 0) is 10.0 Å². The molecule has 3 saturated carbocycles. The number of aromatic amines is 1. The predicted molar refractivity (Wildman–Crippen MR) is 269 cm³/mol. The number of amides is 1. The Morgan fingerprint density at radius 3 is 2.49 bits per heavy atom. The minimum atomic E-state index is -4.69. The van der Waals surface area contributed by atoms with E-state index in [9.17, 15) is 28.4 Å². The van der Waals surface area contributed by atoms with E-state index < -0.39 is 37.0 Å². The van der Waals surface area contributed by atoms with Gasteiger partial charge in [-0.1, -0.05) is 38.1 Å². The van der Waals surface area contributed by atoms with E-state index in [2.05, 4.69) is 68.3 Å². The fourth-order valence-corrected chi connectivity index (χ4v) is 13.1. The zero-order valence-corrected chi connectivity index (χ0v) is 41.0. The largest absolute Gasteiger partial charge is 0.489 e. The van der Waals surface area contributed by atoms with Crippen LogP contribution in [0.2, 0.25) is 0 Å². The Balaban J connectivity index is 0.833. The maximum atomic E-state index is 14.4. The number of fused-ring (bicyclic) bond motifs is 2. The average Bonchev–Trinajstić information content (AvgIpc) is 3.81. The lowest BCUT2D eigenvalue weighted by Gasteiger charge is -2.56. The van der Waals surface area contributed by atoms with Crippen molar-refractivity contribution in [1.29, 1.82) is 0 Å². The summed E-state index contributed by atoms with van der Waals surface area (Å²) in [5.74, 6) is 0.665. The number of pyridine rings is 1. The molecule has 5 N–H and O–H groups in total. The van der Waals surface area contributed by atoms with Gasteiger partial charge >= 0.3 is 0 Å². The number of benzene rings is 3. The lowest BCUT2D eigenvalue weighted by Crippen LogP contribution is -2.54. The SMILES string of the molecule is CC(C)c1ccccc1[C@H]1CCCN1C1CC2(CCN(c3ccc(C(=O)NS(=O)(=O)c4cc5c(c([N+](=O)[O-])c4)N[C@@H]([C@H]4CC[C@](C)(O)CC4)CO5)c(Oc4cc5cc[nH]c5nc4NC4CC4)c3)CC2)C1. The highest BCUT2D eigenvalue weighted by Gasteiger charge is 2.50. The van der Waals surface area contributed by atoms with E-state index in [0.717, 1.165) is 62.5 Å². The molecule has 16 nitrogen and oxygen atoms in total. The van der Waals surface area contributed by atoms with Crippen molar-refractivity contribution >= 4 is 49.8 Å². The predicted octanol–water partition coefficient (Wildman–Crippen LogP) is 9.78. The number of aromatic nitrogens is 2. The Kier molecular flexibility index (Phi) is 12.0. The molecule has 1 amide bonds. The number of H-pyrrole nitrogens is 1. The van der Waals surface area contributed by atoms with Crippen LogP contribution >= 0.6 is 0 Å². The minimum Gasteiger partial charge on any atom is -0.489 e. The van der Waals surface area contributed by atoms with Crippen LogP contribution in [0.4, 0.5) is 22.9 Å². The van der Waals surface area contributed by atoms with Crippen molar-refractivity contribution < 1.29 is 32.7 Å². The van der Waals surface area contributed by atoms with Gasteiger partial charge < -0.3 is 35.1 Å². The van der Waals surface area contributed by atoms with E-state index >= 15 is 0 Å². The van der Waals surface area contributed by atoms with E-state index in [1.807, 2.05) is 25.1 Å². The molecule has 3 aliphatic heterocycles. The number of piperidine rings is 1. The van der Waals surface area contributed by atoms with Crippen LogP contribution in [-0.4, -0.2) is 89.2 Å². The molecule has 5 fully saturated rings. The Bertz CT molecular complexity index is 2930. The van der Waals surface area contributed by atoms with Gasteiger partial charge in [0.25, 0.3) is 21.6 Å². The number of likely N-dealkylation sites (tertiary alicyclic amines) is 1. The number of ether oxygens (including phenoxy) is 2. The van der Waals surface area contributed by atoms with Crippen LogP contribution in [0.5, 0.6) is 17.2 Å². The molecule has 70 heavy (non-hydrogen) atoms. The fraction of sp³-hybridized carbons (Fsp3) is 0.509. The third-order valence-corrected chi connectivity index (χ3v) is 17.6. The van der Waals surface area contributed by atoms with Crippen LogP contribution in [0.1, 0.15) is 131 Å². The molecular weight excluding hydrogens is 909 g/mol. The first kappa shape index (κ1) is 46.5. The summed E-state index contributed by atoms with van der Waals surface area (Å²) in [4.78, 5) is 38.8. The van der Waals surface area contributed by atoms with Crippen LogP contribution in [0.15, 0.2) is 77.8 Å². The van der Waals surface area contributed by atoms with E-state index in [1.165, 1.54) is 42.9 Å². The summed E-state index contributed by atoms with van der Waals surface area (Å²) in [5.41, 5.74) is 3.58. The molecule has 11 rings (SSSR count). The van der Waals surface area contributed by atoms with Crippen molar-refractivity contribution in [2.24, 2.45) is 11.3 Å². The number of nitro benzene ring substituents is 1. The summed E-state index contributed by atoms with van der Waals surface area (Å²) in [6.07, 6.45) is 13.3. The average molecular weight is 973 g/mol. The molecule has 5 aromatic rings. The molecule has 3 aromatic carbocycles. The van der Waals surface area contributed by atoms with E-state index in [1.54, 1.807) is 18.3 Å². The number of nitrogens with zero attached hydrogens (tertiary/aromatic N) is 4.